The molecule has 0 unspecified atom stereocenters. The molecule has 0 saturated carbocycles. The highest BCUT2D eigenvalue weighted by Crippen LogP contribution is 2.24. The van der Waals surface area contributed by atoms with Gasteiger partial charge < -0.3 is 5.32 Å². The fraction of sp³-hybridized carbons (Fsp3) is 0.455. The number of hydrogen-bond donors (Lipinski definition) is 2. The minimum atomic E-state index is -0.200. The monoisotopic (exact) mass is 213 g/mol. The third-order valence-corrected chi connectivity index (χ3v) is 2.51. The zero-order valence-electron chi connectivity index (χ0n) is 8.55. The molecule has 0 aliphatic rings. The minimum absolute atomic E-state index is 0.140. The Labute approximate surface area is 90.1 Å². The van der Waals surface area contributed by atoms with Crippen LogP contribution in [-0.2, 0) is 5.41 Å². The largest absolute Gasteiger partial charge is 0.307 e. The smallest absolute Gasteiger partial charge is 0.126 e. The third-order valence-electron chi connectivity index (χ3n) is 2.28. The summed E-state index contributed by atoms with van der Waals surface area (Å²) in [5.41, 5.74) is 0.544. The molecule has 1 rings (SSSR count). The maximum absolute atomic E-state index is 13.5. The summed E-state index contributed by atoms with van der Waals surface area (Å²) in [4.78, 5) is 0. The van der Waals surface area contributed by atoms with Crippen molar-refractivity contribution in [1.82, 2.24) is 5.32 Å². The Bertz CT molecular complexity index is 299. The van der Waals surface area contributed by atoms with Crippen LogP contribution in [-0.4, -0.2) is 12.4 Å². The van der Waals surface area contributed by atoms with Gasteiger partial charge in [0, 0.05) is 17.8 Å². The zero-order valence-corrected chi connectivity index (χ0v) is 9.44. The number of hydrogen-bond acceptors (Lipinski definition) is 2. The lowest BCUT2D eigenvalue weighted by atomic mass is 9.84. The second kappa shape index (κ2) is 4.80. The summed E-state index contributed by atoms with van der Waals surface area (Å²) < 4.78 is 13.5. The molecule has 0 atom stereocenters. The highest BCUT2D eigenvalue weighted by molar-refractivity contribution is 7.80. The summed E-state index contributed by atoms with van der Waals surface area (Å²) in [7, 11) is 0. The molecule has 14 heavy (non-hydrogen) atoms. The van der Waals surface area contributed by atoms with Crippen molar-refractivity contribution >= 4 is 12.6 Å². The van der Waals surface area contributed by atoms with Crippen molar-refractivity contribution in [2.24, 2.45) is 0 Å². The van der Waals surface area contributed by atoms with Crippen molar-refractivity contribution in [3.8, 4) is 0 Å². The van der Waals surface area contributed by atoms with Gasteiger partial charge in [-0.25, -0.2) is 4.39 Å². The van der Waals surface area contributed by atoms with Gasteiger partial charge in [0.25, 0.3) is 0 Å². The van der Waals surface area contributed by atoms with Crippen molar-refractivity contribution in [2.75, 3.05) is 12.4 Å². The van der Waals surface area contributed by atoms with Gasteiger partial charge in [-0.15, -0.1) is 0 Å². The molecule has 0 radical (unpaired) electrons. The Balaban J connectivity index is 2.86. The molecule has 0 aliphatic heterocycles. The first-order chi connectivity index (χ1) is 6.58. The standard InChI is InChI=1S/C11H16FNS/c1-11(2,7-13-8-14)9-5-3-4-6-10(9)12/h3-6,13-14H,7-8H2,1-2H3. The molecular formula is C11H16FNS. The van der Waals surface area contributed by atoms with Crippen LogP contribution in [0, 0.1) is 5.82 Å². The normalized spacial score (nSPS) is 11.7. The number of halogens is 1. The molecule has 0 saturated heterocycles. The molecular weight excluding hydrogens is 197 g/mol. The Morgan fingerprint density at radius 1 is 1.36 bits per heavy atom. The van der Waals surface area contributed by atoms with E-state index in [2.05, 4.69) is 17.9 Å². The third kappa shape index (κ3) is 2.72. The Hall–Kier alpha value is -0.540. The van der Waals surface area contributed by atoms with Crippen LogP contribution in [0.4, 0.5) is 4.39 Å². The van der Waals surface area contributed by atoms with Crippen LogP contribution in [0.25, 0.3) is 0 Å². The van der Waals surface area contributed by atoms with Crippen molar-refractivity contribution in [3.05, 3.63) is 35.6 Å². The Morgan fingerprint density at radius 3 is 2.57 bits per heavy atom. The maximum Gasteiger partial charge on any atom is 0.126 e. The first-order valence-corrected chi connectivity index (χ1v) is 5.28. The molecule has 0 aromatic heterocycles. The Kier molecular flexibility index (Phi) is 3.96. The van der Waals surface area contributed by atoms with E-state index in [0.29, 0.717) is 5.88 Å². The zero-order chi connectivity index (χ0) is 10.6. The molecule has 1 nitrogen and oxygen atoms in total. The van der Waals surface area contributed by atoms with Crippen LogP contribution in [0.1, 0.15) is 19.4 Å². The van der Waals surface area contributed by atoms with Gasteiger partial charge in [0.2, 0.25) is 0 Å². The van der Waals surface area contributed by atoms with E-state index in [1.165, 1.54) is 6.07 Å². The summed E-state index contributed by atoms with van der Waals surface area (Å²) in [5.74, 6) is 0.469. The molecule has 1 aromatic carbocycles. The van der Waals surface area contributed by atoms with Crippen molar-refractivity contribution in [1.29, 1.82) is 0 Å². The lowest BCUT2D eigenvalue weighted by Gasteiger charge is -2.25. The summed E-state index contributed by atoms with van der Waals surface area (Å²) >= 11 is 4.07. The number of thiol groups is 1. The number of rotatable bonds is 4. The number of benzene rings is 1. The van der Waals surface area contributed by atoms with Gasteiger partial charge in [-0.3, -0.25) is 0 Å². The van der Waals surface area contributed by atoms with Crippen molar-refractivity contribution < 1.29 is 4.39 Å². The predicted octanol–water partition coefficient (Wildman–Crippen LogP) is 2.58. The topological polar surface area (TPSA) is 12.0 Å². The minimum Gasteiger partial charge on any atom is -0.307 e. The van der Waals surface area contributed by atoms with Gasteiger partial charge in [-0.05, 0) is 11.6 Å². The van der Waals surface area contributed by atoms with Gasteiger partial charge >= 0.3 is 0 Å². The molecule has 0 bridgehead atoms. The highest BCUT2D eigenvalue weighted by atomic mass is 32.1. The van der Waals surface area contributed by atoms with E-state index in [0.717, 1.165) is 12.1 Å². The highest BCUT2D eigenvalue weighted by Gasteiger charge is 2.22. The molecule has 0 heterocycles. The summed E-state index contributed by atoms with van der Waals surface area (Å²) in [6, 6.07) is 6.90. The number of nitrogens with one attached hydrogen (secondary N) is 1. The molecule has 1 N–H and O–H groups in total. The second-order valence-electron chi connectivity index (χ2n) is 3.95. The van der Waals surface area contributed by atoms with Gasteiger partial charge in [-0.2, -0.15) is 12.6 Å². The fourth-order valence-electron chi connectivity index (χ4n) is 1.47. The lowest BCUT2D eigenvalue weighted by molar-refractivity contribution is 0.460. The van der Waals surface area contributed by atoms with Crippen LogP contribution in [0.2, 0.25) is 0 Å². The quantitative estimate of drug-likeness (QED) is 0.578. The van der Waals surface area contributed by atoms with Crippen LogP contribution < -0.4 is 5.32 Å². The molecule has 0 fully saturated rings. The maximum atomic E-state index is 13.5. The molecule has 3 heteroatoms. The van der Waals surface area contributed by atoms with E-state index in [4.69, 9.17) is 0 Å². The molecule has 78 valence electrons. The SMILES string of the molecule is CC(C)(CNCS)c1ccccc1F. The van der Waals surface area contributed by atoms with Gasteiger partial charge in [0.05, 0.1) is 0 Å². The first kappa shape index (κ1) is 11.5. The average molecular weight is 213 g/mol. The summed E-state index contributed by atoms with van der Waals surface area (Å²) in [6.45, 7) is 4.75. The van der Waals surface area contributed by atoms with E-state index >= 15 is 0 Å². The van der Waals surface area contributed by atoms with Crippen molar-refractivity contribution in [2.45, 2.75) is 19.3 Å². The summed E-state index contributed by atoms with van der Waals surface area (Å²) in [6.07, 6.45) is 0. The fourth-order valence-corrected chi connectivity index (χ4v) is 1.59. The van der Waals surface area contributed by atoms with E-state index in [1.807, 2.05) is 26.0 Å². The van der Waals surface area contributed by atoms with E-state index in [-0.39, 0.29) is 11.2 Å². The molecule has 0 aliphatic carbocycles. The van der Waals surface area contributed by atoms with E-state index < -0.39 is 0 Å². The van der Waals surface area contributed by atoms with Gasteiger partial charge in [-0.1, -0.05) is 32.0 Å². The van der Waals surface area contributed by atoms with Crippen molar-refractivity contribution in [3.63, 3.8) is 0 Å². The van der Waals surface area contributed by atoms with Crippen LogP contribution >= 0.6 is 12.6 Å². The molecule has 0 amide bonds. The van der Waals surface area contributed by atoms with E-state index in [1.54, 1.807) is 6.07 Å². The Morgan fingerprint density at radius 2 is 2.00 bits per heavy atom. The molecule has 0 spiro atoms. The van der Waals surface area contributed by atoms with Gasteiger partial charge in [0.1, 0.15) is 5.82 Å². The van der Waals surface area contributed by atoms with Crippen LogP contribution in [0.3, 0.4) is 0 Å². The summed E-state index contributed by atoms with van der Waals surface area (Å²) in [5, 5.41) is 3.11. The first-order valence-electron chi connectivity index (χ1n) is 4.64. The lowest BCUT2D eigenvalue weighted by Crippen LogP contribution is -2.33. The average Bonchev–Trinajstić information content (AvgIpc) is 2.15. The van der Waals surface area contributed by atoms with Gasteiger partial charge in [0.15, 0.2) is 0 Å². The van der Waals surface area contributed by atoms with Crippen LogP contribution in [0.5, 0.6) is 0 Å². The van der Waals surface area contributed by atoms with E-state index in [9.17, 15) is 4.39 Å². The molecule has 1 aromatic rings. The second-order valence-corrected chi connectivity index (χ2v) is 4.26. The van der Waals surface area contributed by atoms with Crippen LogP contribution in [0.15, 0.2) is 24.3 Å². The predicted molar refractivity (Wildman–Crippen MR) is 61.3 cm³/mol.